The maximum absolute atomic E-state index is 11.2. The Balaban J connectivity index is 0.000000463. The first-order valence-electron chi connectivity index (χ1n) is 7.10. The highest BCUT2D eigenvalue weighted by Crippen LogP contribution is 2.15. The van der Waals surface area contributed by atoms with Crippen LogP contribution in [0.5, 0.6) is 0 Å². The third-order valence-electron chi connectivity index (χ3n) is 2.34. The first-order valence-corrected chi connectivity index (χ1v) is 7.10. The minimum Gasteiger partial charge on any atom is -0.293 e. The molecule has 2 saturated heterocycles. The molecule has 0 aromatic carbocycles. The van der Waals surface area contributed by atoms with Gasteiger partial charge in [-0.2, -0.15) is 4.79 Å². The van der Waals surface area contributed by atoms with Crippen molar-refractivity contribution in [2.75, 3.05) is 0 Å². The summed E-state index contributed by atoms with van der Waals surface area (Å²) in [6, 6.07) is 0. The summed E-state index contributed by atoms with van der Waals surface area (Å²) in [5.41, 5.74) is 0.500. The van der Waals surface area contributed by atoms with E-state index in [2.05, 4.69) is 37.4 Å². The fourth-order valence-corrected chi connectivity index (χ4v) is 1.48. The fraction of sp³-hybridized carbons (Fsp3) is 0.643. The number of hydroxylamine groups is 4. The van der Waals surface area contributed by atoms with Crippen LogP contribution in [-0.2, 0) is 28.9 Å². The summed E-state index contributed by atoms with van der Waals surface area (Å²) in [7, 11) is 0. The molecule has 23 heavy (non-hydrogen) atoms. The molecule has 0 atom stereocenters. The molecular weight excluding hydrogens is 308 g/mol. The Hall–Kier alpha value is -2.45. The first-order chi connectivity index (χ1) is 10.5. The Morgan fingerprint density at radius 1 is 0.739 bits per heavy atom. The van der Waals surface area contributed by atoms with Crippen molar-refractivity contribution < 1.29 is 33.6 Å². The van der Waals surface area contributed by atoms with Crippen LogP contribution in [0, 0.1) is 5.41 Å². The molecule has 2 rings (SSSR count). The second kappa shape index (κ2) is 7.21. The van der Waals surface area contributed by atoms with Gasteiger partial charge in [-0.05, 0) is 5.41 Å². The minimum absolute atomic E-state index is 0.0618. The topological polar surface area (TPSA) is 110 Å². The van der Waals surface area contributed by atoms with E-state index in [1.165, 1.54) is 0 Å². The summed E-state index contributed by atoms with van der Waals surface area (Å²) in [6.07, 6.45) is -1.73. The van der Waals surface area contributed by atoms with Crippen LogP contribution in [0.2, 0.25) is 0 Å². The lowest BCUT2D eigenvalue weighted by Gasteiger charge is -2.15. The number of nitrogens with zero attached hydrogens (tertiary/aromatic N) is 2. The van der Waals surface area contributed by atoms with E-state index >= 15 is 0 Å². The van der Waals surface area contributed by atoms with E-state index in [1.54, 1.807) is 0 Å². The Labute approximate surface area is 133 Å². The van der Waals surface area contributed by atoms with Crippen LogP contribution in [0.15, 0.2) is 0 Å². The monoisotopic (exact) mass is 328 g/mol. The van der Waals surface area contributed by atoms with E-state index < -0.39 is 29.8 Å². The lowest BCUT2D eigenvalue weighted by Crippen LogP contribution is -2.37. The van der Waals surface area contributed by atoms with Gasteiger partial charge in [0.2, 0.25) is 0 Å². The second-order valence-corrected chi connectivity index (χ2v) is 6.60. The van der Waals surface area contributed by atoms with Gasteiger partial charge in [-0.1, -0.05) is 37.8 Å². The summed E-state index contributed by atoms with van der Waals surface area (Å²) < 4.78 is 0. The molecule has 0 radical (unpaired) electrons. The molecule has 0 unspecified atom stereocenters. The molecule has 0 aromatic rings. The largest absolute Gasteiger partial charge is 0.560 e. The zero-order valence-corrected chi connectivity index (χ0v) is 13.6. The van der Waals surface area contributed by atoms with Gasteiger partial charge >= 0.3 is 6.16 Å². The molecule has 9 heteroatoms. The number of hydrogen-bond acceptors (Lipinski definition) is 7. The summed E-state index contributed by atoms with van der Waals surface area (Å²) in [5.74, 6) is -2.74. The number of imide groups is 2. The van der Waals surface area contributed by atoms with Gasteiger partial charge in [0, 0.05) is 25.7 Å². The molecule has 9 nitrogen and oxygen atoms in total. The lowest BCUT2D eigenvalue weighted by atomic mass is 10.0. The molecule has 2 aliphatic heterocycles. The van der Waals surface area contributed by atoms with Gasteiger partial charge in [0.15, 0.2) is 0 Å². The summed E-state index contributed by atoms with van der Waals surface area (Å²) in [5, 5.41) is 0.515. The number of amides is 4. The molecule has 4 amide bonds. The zero-order valence-electron chi connectivity index (χ0n) is 13.6. The molecule has 0 spiro atoms. The first kappa shape index (κ1) is 18.6. The maximum Gasteiger partial charge on any atom is 0.560 e. The molecule has 0 aliphatic carbocycles. The molecule has 2 fully saturated rings. The highest BCUT2D eigenvalue weighted by atomic mass is 16.9. The van der Waals surface area contributed by atoms with Crippen molar-refractivity contribution in [3.8, 4) is 0 Å². The summed E-state index contributed by atoms with van der Waals surface area (Å²) >= 11 is 0. The van der Waals surface area contributed by atoms with Crippen LogP contribution in [-0.4, -0.2) is 39.9 Å². The molecule has 0 saturated carbocycles. The van der Waals surface area contributed by atoms with Crippen LogP contribution in [0.25, 0.3) is 0 Å². The van der Waals surface area contributed by atoms with Crippen LogP contribution >= 0.6 is 0 Å². The van der Waals surface area contributed by atoms with Gasteiger partial charge in [-0.15, -0.1) is 0 Å². The standard InChI is InChI=1S/C9H8N2O7.C5H12/c12-5-1-2-6(13)10(5)17-9(16)18-11-7(14)3-4-8(11)15;1-5(2,3)4/h1-4H2;1-4H3. The average Bonchev–Trinajstić information content (AvgIpc) is 2.87. The smallest absolute Gasteiger partial charge is 0.293 e. The van der Waals surface area contributed by atoms with Crippen LogP contribution < -0.4 is 0 Å². The van der Waals surface area contributed by atoms with Crippen molar-refractivity contribution in [2.24, 2.45) is 5.41 Å². The third-order valence-corrected chi connectivity index (χ3v) is 2.34. The fourth-order valence-electron chi connectivity index (χ4n) is 1.48. The normalized spacial score (nSPS) is 18.1. The van der Waals surface area contributed by atoms with E-state index in [0.717, 1.165) is 0 Å². The number of carbonyl (C=O) groups is 5. The minimum atomic E-state index is -1.48. The average molecular weight is 328 g/mol. The number of carbonyl (C=O) groups excluding carboxylic acids is 5. The lowest BCUT2D eigenvalue weighted by molar-refractivity contribution is -0.198. The molecule has 2 heterocycles. The van der Waals surface area contributed by atoms with Gasteiger partial charge in [0.25, 0.3) is 23.6 Å². The highest BCUT2D eigenvalue weighted by molar-refractivity contribution is 6.02. The predicted octanol–water partition coefficient (Wildman–Crippen LogP) is 1.32. The SMILES string of the molecule is CC(C)(C)C.O=C(ON1C(=O)CCC1=O)ON1C(=O)CCC1=O. The van der Waals surface area contributed by atoms with Gasteiger partial charge in [-0.3, -0.25) is 28.9 Å². The van der Waals surface area contributed by atoms with E-state index in [9.17, 15) is 24.0 Å². The Morgan fingerprint density at radius 3 is 1.17 bits per heavy atom. The van der Waals surface area contributed by atoms with E-state index in [1.807, 2.05) is 0 Å². The van der Waals surface area contributed by atoms with Crippen molar-refractivity contribution in [2.45, 2.75) is 53.4 Å². The van der Waals surface area contributed by atoms with Gasteiger partial charge in [0.1, 0.15) is 0 Å². The van der Waals surface area contributed by atoms with Crippen LogP contribution in [0.3, 0.4) is 0 Å². The van der Waals surface area contributed by atoms with Crippen molar-refractivity contribution >= 4 is 29.8 Å². The third kappa shape index (κ3) is 6.05. The zero-order chi connectivity index (χ0) is 17.8. The van der Waals surface area contributed by atoms with Crippen molar-refractivity contribution in [1.29, 1.82) is 0 Å². The Kier molecular flexibility index (Phi) is 5.83. The molecule has 2 aliphatic rings. The van der Waals surface area contributed by atoms with Crippen LogP contribution in [0.1, 0.15) is 53.4 Å². The molecule has 0 aromatic heterocycles. The summed E-state index contributed by atoms with van der Waals surface area (Å²) in [6.45, 7) is 8.75. The predicted molar refractivity (Wildman–Crippen MR) is 74.9 cm³/mol. The number of rotatable bonds is 2. The van der Waals surface area contributed by atoms with Crippen LogP contribution in [0.4, 0.5) is 4.79 Å². The van der Waals surface area contributed by atoms with Gasteiger partial charge in [0.05, 0.1) is 0 Å². The second-order valence-electron chi connectivity index (χ2n) is 6.60. The Morgan fingerprint density at radius 2 is 0.957 bits per heavy atom. The molecule has 0 bridgehead atoms. The van der Waals surface area contributed by atoms with Crippen molar-refractivity contribution in [3.05, 3.63) is 0 Å². The Bertz CT molecular complexity index is 458. The molecular formula is C14H20N2O7. The maximum atomic E-state index is 11.2. The van der Waals surface area contributed by atoms with E-state index in [4.69, 9.17) is 0 Å². The van der Waals surface area contributed by atoms with Crippen molar-refractivity contribution in [1.82, 2.24) is 10.1 Å². The van der Waals surface area contributed by atoms with Gasteiger partial charge in [-0.25, -0.2) is 0 Å². The van der Waals surface area contributed by atoms with Gasteiger partial charge < -0.3 is 0 Å². The quantitative estimate of drug-likeness (QED) is 0.703. The highest BCUT2D eigenvalue weighted by Gasteiger charge is 2.37. The molecule has 128 valence electrons. The molecule has 0 N–H and O–H groups in total. The van der Waals surface area contributed by atoms with Crippen molar-refractivity contribution in [3.63, 3.8) is 0 Å². The van der Waals surface area contributed by atoms with E-state index in [-0.39, 0.29) is 35.8 Å². The summed E-state index contributed by atoms with van der Waals surface area (Å²) in [4.78, 5) is 64.3. The number of hydrogen-bond donors (Lipinski definition) is 0. The van der Waals surface area contributed by atoms with E-state index in [0.29, 0.717) is 5.41 Å².